The molecular weight excluding hydrogens is 165 g/mol. The topological polar surface area (TPSA) is 20.7 Å². The van der Waals surface area contributed by atoms with Crippen molar-refractivity contribution in [3.63, 3.8) is 0 Å². The van der Waals surface area contributed by atoms with Gasteiger partial charge < -0.3 is 0 Å². The molecule has 1 aromatic heterocycles. The molecule has 0 aliphatic rings. The van der Waals surface area contributed by atoms with Crippen LogP contribution < -0.4 is 0 Å². The van der Waals surface area contributed by atoms with Crippen LogP contribution in [0.25, 0.3) is 0 Å². The second-order valence-electron chi connectivity index (χ2n) is 1.60. The third-order valence-corrected chi connectivity index (χ3v) is 1.20. The summed E-state index contributed by atoms with van der Waals surface area (Å²) in [5, 5.41) is 1.95. The van der Waals surface area contributed by atoms with E-state index in [1.807, 2.05) is 5.10 Å². The van der Waals surface area contributed by atoms with E-state index in [0.29, 0.717) is 10.9 Å². The van der Waals surface area contributed by atoms with Crippen molar-refractivity contribution in [2.24, 2.45) is 0 Å². The standard InChI is InChI=1S/C4H3F3N2S/c5-2-1-9(4(6)7)8-3(2)10/h1,4H,(H,8,10). The van der Waals surface area contributed by atoms with Crippen LogP contribution in [0.4, 0.5) is 13.2 Å². The van der Waals surface area contributed by atoms with Gasteiger partial charge in [0.05, 0.1) is 6.20 Å². The van der Waals surface area contributed by atoms with Crippen LogP contribution in [0.2, 0.25) is 0 Å². The van der Waals surface area contributed by atoms with Crippen molar-refractivity contribution in [3.05, 3.63) is 16.7 Å². The smallest absolute Gasteiger partial charge is 0.281 e. The Hall–Kier alpha value is -0.780. The summed E-state index contributed by atoms with van der Waals surface area (Å²) in [7, 11) is 0. The van der Waals surface area contributed by atoms with E-state index in [9.17, 15) is 13.2 Å². The molecule has 2 nitrogen and oxygen atoms in total. The summed E-state index contributed by atoms with van der Waals surface area (Å²) in [6.45, 7) is -2.77. The Kier molecular flexibility index (Phi) is 1.80. The normalized spacial score (nSPS) is 10.8. The molecule has 0 unspecified atom stereocenters. The quantitative estimate of drug-likeness (QED) is 0.636. The summed E-state index contributed by atoms with van der Waals surface area (Å²) in [5.74, 6) is -0.838. The van der Waals surface area contributed by atoms with Gasteiger partial charge in [-0.3, -0.25) is 5.10 Å². The second kappa shape index (κ2) is 2.45. The molecule has 0 atom stereocenters. The highest BCUT2D eigenvalue weighted by Crippen LogP contribution is 2.09. The van der Waals surface area contributed by atoms with Crippen LogP contribution in [-0.2, 0) is 0 Å². The minimum Gasteiger partial charge on any atom is -0.281 e. The van der Waals surface area contributed by atoms with Crippen LogP contribution >= 0.6 is 12.2 Å². The predicted octanol–water partition coefficient (Wildman–Crippen LogP) is 2.08. The monoisotopic (exact) mass is 168 g/mol. The number of rotatable bonds is 1. The van der Waals surface area contributed by atoms with Gasteiger partial charge in [0.1, 0.15) is 0 Å². The molecule has 0 saturated carbocycles. The summed E-state index contributed by atoms with van der Waals surface area (Å²) in [4.78, 5) is 0. The highest BCUT2D eigenvalue weighted by molar-refractivity contribution is 7.71. The van der Waals surface area contributed by atoms with Crippen molar-refractivity contribution < 1.29 is 13.2 Å². The molecule has 0 aliphatic carbocycles. The lowest BCUT2D eigenvalue weighted by Crippen LogP contribution is -1.97. The molecular formula is C4H3F3N2S. The lowest BCUT2D eigenvalue weighted by Gasteiger charge is -1.95. The Labute approximate surface area is 59.3 Å². The fourth-order valence-electron chi connectivity index (χ4n) is 0.489. The number of aromatic nitrogens is 2. The third-order valence-electron chi connectivity index (χ3n) is 0.910. The molecule has 0 radical (unpaired) electrons. The van der Waals surface area contributed by atoms with Gasteiger partial charge in [-0.05, 0) is 0 Å². The van der Waals surface area contributed by atoms with Crippen LogP contribution in [0.15, 0.2) is 6.20 Å². The van der Waals surface area contributed by atoms with Crippen LogP contribution in [-0.4, -0.2) is 9.78 Å². The molecule has 6 heteroatoms. The second-order valence-corrected chi connectivity index (χ2v) is 2.01. The third kappa shape index (κ3) is 1.21. The molecule has 0 fully saturated rings. The molecule has 0 aliphatic heterocycles. The molecule has 1 N–H and O–H groups in total. The molecule has 10 heavy (non-hydrogen) atoms. The van der Waals surface area contributed by atoms with Crippen molar-refractivity contribution in [2.75, 3.05) is 0 Å². The van der Waals surface area contributed by atoms with E-state index in [0.717, 1.165) is 0 Å². The van der Waals surface area contributed by atoms with Gasteiger partial charge in [-0.1, -0.05) is 12.2 Å². The van der Waals surface area contributed by atoms with Crippen molar-refractivity contribution in [1.82, 2.24) is 9.78 Å². The largest absolute Gasteiger partial charge is 0.331 e. The van der Waals surface area contributed by atoms with E-state index in [4.69, 9.17) is 0 Å². The summed E-state index contributed by atoms with van der Waals surface area (Å²) < 4.78 is 35.6. The zero-order chi connectivity index (χ0) is 7.72. The fourth-order valence-corrected chi connectivity index (χ4v) is 0.647. The number of nitrogens with one attached hydrogen (secondary N) is 1. The maximum absolute atomic E-state index is 12.2. The minimum atomic E-state index is -2.77. The van der Waals surface area contributed by atoms with Gasteiger partial charge in [0, 0.05) is 0 Å². The SMILES string of the molecule is Fc1cn(C(F)F)[nH]c1=S. The number of H-pyrrole nitrogens is 1. The summed E-state index contributed by atoms with van der Waals surface area (Å²) in [6.07, 6.45) is 0.618. The first-order valence-electron chi connectivity index (χ1n) is 2.36. The molecule has 1 rings (SSSR count). The van der Waals surface area contributed by atoms with E-state index in [2.05, 4.69) is 12.2 Å². The first kappa shape index (κ1) is 7.33. The molecule has 0 aromatic carbocycles. The number of alkyl halides is 2. The number of hydrogen-bond acceptors (Lipinski definition) is 1. The van der Waals surface area contributed by atoms with Gasteiger partial charge in [0.25, 0.3) is 0 Å². The van der Waals surface area contributed by atoms with Gasteiger partial charge in [-0.2, -0.15) is 8.78 Å². The first-order valence-corrected chi connectivity index (χ1v) is 2.77. The van der Waals surface area contributed by atoms with Gasteiger partial charge in [-0.15, -0.1) is 0 Å². The average Bonchev–Trinajstić information content (AvgIpc) is 2.13. The number of hydrogen-bond donors (Lipinski definition) is 1. The Morgan fingerprint density at radius 3 is 2.40 bits per heavy atom. The first-order chi connectivity index (χ1) is 4.61. The predicted molar refractivity (Wildman–Crippen MR) is 30.8 cm³/mol. The van der Waals surface area contributed by atoms with Crippen molar-refractivity contribution >= 4 is 12.2 Å². The molecule has 1 heterocycles. The molecule has 56 valence electrons. The zero-order valence-corrected chi connectivity index (χ0v) is 5.46. The molecule has 0 bridgehead atoms. The Morgan fingerprint density at radius 2 is 2.20 bits per heavy atom. The van der Waals surface area contributed by atoms with Crippen LogP contribution in [0.3, 0.4) is 0 Å². The van der Waals surface area contributed by atoms with Gasteiger partial charge in [-0.25, -0.2) is 9.07 Å². The highest BCUT2D eigenvalue weighted by Gasteiger charge is 2.06. The molecule has 0 spiro atoms. The van der Waals surface area contributed by atoms with Crippen molar-refractivity contribution in [1.29, 1.82) is 0 Å². The van der Waals surface area contributed by atoms with Crippen molar-refractivity contribution in [3.8, 4) is 0 Å². The minimum absolute atomic E-state index is 0.303. The molecule has 1 aromatic rings. The average molecular weight is 168 g/mol. The lowest BCUT2D eigenvalue weighted by molar-refractivity contribution is 0.0561. The molecule has 0 saturated heterocycles. The van der Waals surface area contributed by atoms with Crippen LogP contribution in [0, 0.1) is 10.5 Å². The Morgan fingerprint density at radius 1 is 1.60 bits per heavy atom. The number of halogens is 3. The number of nitrogens with zero attached hydrogens (tertiary/aromatic N) is 1. The zero-order valence-electron chi connectivity index (χ0n) is 4.64. The van der Waals surface area contributed by atoms with Gasteiger partial charge in [0.15, 0.2) is 10.5 Å². The maximum Gasteiger partial charge on any atom is 0.331 e. The fraction of sp³-hybridized carbons (Fsp3) is 0.250. The maximum atomic E-state index is 12.2. The van der Waals surface area contributed by atoms with E-state index < -0.39 is 12.4 Å². The highest BCUT2D eigenvalue weighted by atomic mass is 32.1. The van der Waals surface area contributed by atoms with Gasteiger partial charge in [0.2, 0.25) is 0 Å². The lowest BCUT2D eigenvalue weighted by atomic mass is 10.7. The van der Waals surface area contributed by atoms with E-state index in [-0.39, 0.29) is 4.64 Å². The van der Waals surface area contributed by atoms with Crippen LogP contribution in [0.1, 0.15) is 6.55 Å². The van der Waals surface area contributed by atoms with E-state index in [1.54, 1.807) is 0 Å². The van der Waals surface area contributed by atoms with E-state index >= 15 is 0 Å². The Bertz CT molecular complexity index is 276. The Balaban J connectivity index is 3.10. The van der Waals surface area contributed by atoms with E-state index in [1.165, 1.54) is 0 Å². The number of aromatic amines is 1. The van der Waals surface area contributed by atoms with Gasteiger partial charge >= 0.3 is 6.55 Å². The molecule has 0 amide bonds. The summed E-state index contributed by atoms with van der Waals surface area (Å²) in [5.41, 5.74) is 0. The summed E-state index contributed by atoms with van der Waals surface area (Å²) in [6, 6.07) is 0. The van der Waals surface area contributed by atoms with Crippen molar-refractivity contribution in [2.45, 2.75) is 6.55 Å². The summed E-state index contributed by atoms with van der Waals surface area (Å²) >= 11 is 4.31. The van der Waals surface area contributed by atoms with Crippen LogP contribution in [0.5, 0.6) is 0 Å².